The van der Waals surface area contributed by atoms with Gasteiger partial charge in [0.2, 0.25) is 0 Å². The number of fused-ring (bicyclic) bond motifs is 1. The molecule has 0 radical (unpaired) electrons. The molecule has 0 heterocycles. The molecule has 15 heavy (non-hydrogen) atoms. The van der Waals surface area contributed by atoms with E-state index in [1.165, 1.54) is 10.9 Å². The smallest absolute Gasteiger partial charge is 0.151 e. The Morgan fingerprint density at radius 2 is 1.93 bits per heavy atom. The summed E-state index contributed by atoms with van der Waals surface area (Å²) in [6.45, 7) is 2.08. The number of hydrogen-bond donors (Lipinski definition) is 0. The van der Waals surface area contributed by atoms with Crippen LogP contribution >= 0.6 is 11.8 Å². The molecule has 0 aliphatic rings. The van der Waals surface area contributed by atoms with E-state index in [2.05, 4.69) is 31.2 Å². The van der Waals surface area contributed by atoms with Crippen molar-refractivity contribution in [3.63, 3.8) is 0 Å². The maximum Gasteiger partial charge on any atom is 0.151 e. The topological polar surface area (TPSA) is 17.1 Å². The van der Waals surface area contributed by atoms with E-state index in [9.17, 15) is 4.79 Å². The van der Waals surface area contributed by atoms with E-state index in [-0.39, 0.29) is 0 Å². The lowest BCUT2D eigenvalue weighted by molar-refractivity contribution is 0.112. The number of rotatable bonds is 2. The van der Waals surface area contributed by atoms with Crippen molar-refractivity contribution in [1.82, 2.24) is 0 Å². The zero-order valence-corrected chi connectivity index (χ0v) is 9.60. The highest BCUT2D eigenvalue weighted by Gasteiger charge is 2.03. The fourth-order valence-electron chi connectivity index (χ4n) is 1.68. The summed E-state index contributed by atoms with van der Waals surface area (Å²) in [5, 5.41) is 2.32. The van der Waals surface area contributed by atoms with Crippen molar-refractivity contribution in [3.8, 4) is 0 Å². The van der Waals surface area contributed by atoms with Crippen LogP contribution in [0.2, 0.25) is 0 Å². The third-order valence-electron chi connectivity index (χ3n) is 2.47. The Morgan fingerprint density at radius 1 is 1.13 bits per heavy atom. The highest BCUT2D eigenvalue weighted by Crippen LogP contribution is 2.26. The van der Waals surface area contributed by atoms with Gasteiger partial charge in [0.05, 0.1) is 0 Å². The van der Waals surface area contributed by atoms with Crippen molar-refractivity contribution < 1.29 is 4.79 Å². The maximum absolute atomic E-state index is 10.9. The highest BCUT2D eigenvalue weighted by atomic mass is 32.2. The van der Waals surface area contributed by atoms with Gasteiger partial charge in [0.25, 0.3) is 0 Å². The quantitative estimate of drug-likeness (QED) is 0.562. The molecule has 0 bridgehead atoms. The normalized spacial score (nSPS) is 10.5. The number of aryl methyl sites for hydroxylation is 1. The van der Waals surface area contributed by atoms with Crippen molar-refractivity contribution in [3.05, 3.63) is 41.5 Å². The Labute approximate surface area is 93.5 Å². The minimum atomic E-state index is 0.777. The SMILES string of the molecule is CSc1cc2cc(C)ccc2cc1C=O. The average Bonchev–Trinajstić information content (AvgIpc) is 2.27. The molecule has 2 aromatic rings. The van der Waals surface area contributed by atoms with Crippen LogP contribution in [-0.4, -0.2) is 12.5 Å². The van der Waals surface area contributed by atoms with E-state index in [1.54, 1.807) is 11.8 Å². The Kier molecular flexibility index (Phi) is 2.78. The molecule has 2 heteroatoms. The summed E-state index contributed by atoms with van der Waals surface area (Å²) in [5.41, 5.74) is 2.02. The second-order valence-corrected chi connectivity index (χ2v) is 4.41. The number of hydrogen-bond acceptors (Lipinski definition) is 2. The molecule has 2 rings (SSSR count). The molecule has 0 spiro atoms. The number of carbonyl (C=O) groups is 1. The standard InChI is InChI=1S/C13H12OS/c1-9-3-4-10-6-12(8-14)13(15-2)7-11(10)5-9/h3-8H,1-2H3. The highest BCUT2D eigenvalue weighted by molar-refractivity contribution is 7.98. The van der Waals surface area contributed by atoms with Crippen molar-refractivity contribution in [2.45, 2.75) is 11.8 Å². The molecule has 0 fully saturated rings. The molecule has 0 aliphatic heterocycles. The van der Waals surface area contributed by atoms with E-state index in [0.29, 0.717) is 0 Å². The van der Waals surface area contributed by atoms with Crippen LogP contribution in [0.5, 0.6) is 0 Å². The zero-order valence-electron chi connectivity index (χ0n) is 8.78. The molecule has 76 valence electrons. The third kappa shape index (κ3) is 1.90. The van der Waals surface area contributed by atoms with Crippen molar-refractivity contribution in [1.29, 1.82) is 0 Å². The van der Waals surface area contributed by atoms with Gasteiger partial charge in [0, 0.05) is 10.5 Å². The first-order chi connectivity index (χ1) is 7.24. The number of benzene rings is 2. The molecule has 0 atom stereocenters. The predicted molar refractivity (Wildman–Crippen MR) is 65.9 cm³/mol. The van der Waals surface area contributed by atoms with E-state index in [0.717, 1.165) is 22.1 Å². The number of carbonyl (C=O) groups excluding carboxylic acids is 1. The van der Waals surface area contributed by atoms with Crippen LogP contribution in [0.3, 0.4) is 0 Å². The van der Waals surface area contributed by atoms with Gasteiger partial charge in [-0.3, -0.25) is 4.79 Å². The summed E-state index contributed by atoms with van der Waals surface area (Å²) in [6, 6.07) is 10.3. The van der Waals surface area contributed by atoms with Gasteiger partial charge in [-0.1, -0.05) is 23.8 Å². The first-order valence-electron chi connectivity index (χ1n) is 4.78. The number of thioether (sulfide) groups is 1. The third-order valence-corrected chi connectivity index (χ3v) is 3.26. The number of aldehydes is 1. The van der Waals surface area contributed by atoms with Gasteiger partial charge in [-0.25, -0.2) is 0 Å². The van der Waals surface area contributed by atoms with E-state index in [1.807, 2.05) is 12.3 Å². The van der Waals surface area contributed by atoms with Crippen LogP contribution in [-0.2, 0) is 0 Å². The maximum atomic E-state index is 10.9. The van der Waals surface area contributed by atoms with Crippen molar-refractivity contribution in [2.24, 2.45) is 0 Å². The first kappa shape index (κ1) is 10.2. The Balaban J connectivity index is 2.75. The second kappa shape index (κ2) is 4.07. The van der Waals surface area contributed by atoms with Crippen LogP contribution in [0.15, 0.2) is 35.2 Å². The van der Waals surface area contributed by atoms with Gasteiger partial charge in [-0.05, 0) is 36.1 Å². The second-order valence-electron chi connectivity index (χ2n) is 3.56. The van der Waals surface area contributed by atoms with Crippen LogP contribution in [0, 0.1) is 6.92 Å². The van der Waals surface area contributed by atoms with E-state index >= 15 is 0 Å². The van der Waals surface area contributed by atoms with E-state index < -0.39 is 0 Å². The van der Waals surface area contributed by atoms with Gasteiger partial charge in [0.1, 0.15) is 0 Å². The van der Waals surface area contributed by atoms with Crippen LogP contribution in [0.1, 0.15) is 15.9 Å². The fraction of sp³-hybridized carbons (Fsp3) is 0.154. The molecule has 0 aromatic heterocycles. The molecule has 0 amide bonds. The first-order valence-corrected chi connectivity index (χ1v) is 6.00. The molecule has 0 unspecified atom stereocenters. The molecule has 2 aromatic carbocycles. The minimum absolute atomic E-state index is 0.777. The lowest BCUT2D eigenvalue weighted by Gasteiger charge is -2.05. The fourth-order valence-corrected chi connectivity index (χ4v) is 2.27. The lowest BCUT2D eigenvalue weighted by atomic mass is 10.1. The predicted octanol–water partition coefficient (Wildman–Crippen LogP) is 3.68. The van der Waals surface area contributed by atoms with Crippen LogP contribution in [0.4, 0.5) is 0 Å². The molecule has 0 saturated carbocycles. The summed E-state index contributed by atoms with van der Waals surface area (Å²) < 4.78 is 0. The summed E-state index contributed by atoms with van der Waals surface area (Å²) in [4.78, 5) is 11.9. The molecule has 0 aliphatic carbocycles. The summed E-state index contributed by atoms with van der Waals surface area (Å²) in [6.07, 6.45) is 2.91. The Hall–Kier alpha value is -1.28. The van der Waals surface area contributed by atoms with Crippen LogP contribution < -0.4 is 0 Å². The zero-order chi connectivity index (χ0) is 10.8. The van der Waals surface area contributed by atoms with Gasteiger partial charge in [-0.2, -0.15) is 0 Å². The molecule has 0 saturated heterocycles. The molecular weight excluding hydrogens is 204 g/mol. The van der Waals surface area contributed by atoms with Gasteiger partial charge < -0.3 is 0 Å². The lowest BCUT2D eigenvalue weighted by Crippen LogP contribution is -1.86. The van der Waals surface area contributed by atoms with Gasteiger partial charge >= 0.3 is 0 Å². The monoisotopic (exact) mass is 216 g/mol. The Bertz CT molecular complexity index is 517. The van der Waals surface area contributed by atoms with Gasteiger partial charge in [-0.15, -0.1) is 11.8 Å². The Morgan fingerprint density at radius 3 is 2.60 bits per heavy atom. The van der Waals surface area contributed by atoms with Gasteiger partial charge in [0.15, 0.2) is 6.29 Å². The summed E-state index contributed by atoms with van der Waals surface area (Å²) in [5.74, 6) is 0. The summed E-state index contributed by atoms with van der Waals surface area (Å²) in [7, 11) is 0. The van der Waals surface area contributed by atoms with Crippen LogP contribution in [0.25, 0.3) is 10.8 Å². The molecular formula is C13H12OS. The van der Waals surface area contributed by atoms with Crippen molar-refractivity contribution >= 4 is 28.8 Å². The minimum Gasteiger partial charge on any atom is -0.298 e. The largest absolute Gasteiger partial charge is 0.298 e. The van der Waals surface area contributed by atoms with E-state index in [4.69, 9.17) is 0 Å². The summed E-state index contributed by atoms with van der Waals surface area (Å²) >= 11 is 1.61. The molecule has 0 N–H and O–H groups in total. The van der Waals surface area contributed by atoms with Crippen molar-refractivity contribution in [2.75, 3.05) is 6.26 Å². The average molecular weight is 216 g/mol. The molecule has 1 nitrogen and oxygen atoms in total.